The molecule has 0 spiro atoms. The van der Waals surface area contributed by atoms with Crippen LogP contribution < -0.4 is 9.47 Å². The Kier molecular flexibility index (Phi) is 6.29. The second kappa shape index (κ2) is 9.21. The molecule has 0 N–H and O–H groups in total. The van der Waals surface area contributed by atoms with Crippen LogP contribution in [0.25, 0.3) is 0 Å². The Balaban J connectivity index is 1.76. The minimum Gasteiger partial charge on any atom is -0.711 e. The average Bonchev–Trinajstić information content (AvgIpc) is 3.06. The van der Waals surface area contributed by atoms with E-state index >= 15 is 0 Å². The maximum absolute atomic E-state index is 13.2. The molecule has 10 nitrogen and oxygen atoms in total. The topological polar surface area (TPSA) is 112 Å². The van der Waals surface area contributed by atoms with Gasteiger partial charge >= 0.3 is 6.03 Å². The van der Waals surface area contributed by atoms with Gasteiger partial charge in [0.25, 0.3) is 5.82 Å². The van der Waals surface area contributed by atoms with Gasteiger partial charge in [-0.25, -0.2) is 14.1 Å². The van der Waals surface area contributed by atoms with Crippen molar-refractivity contribution >= 4 is 17.8 Å². The number of pyridine rings is 1. The number of hydrogen-bond acceptors (Lipinski definition) is 6. The van der Waals surface area contributed by atoms with Crippen LogP contribution in [0, 0.1) is 25.0 Å². The molecule has 1 saturated heterocycles. The van der Waals surface area contributed by atoms with Gasteiger partial charge in [0.1, 0.15) is 35.6 Å². The van der Waals surface area contributed by atoms with E-state index in [1.54, 1.807) is 55.9 Å². The van der Waals surface area contributed by atoms with Gasteiger partial charge < -0.3 is 9.94 Å². The Morgan fingerprint density at radius 1 is 1.00 bits per heavy atom. The number of aromatic nitrogens is 3. The fourth-order valence-corrected chi connectivity index (χ4v) is 4.33. The monoisotopic (exact) mass is 477 g/mol. The van der Waals surface area contributed by atoms with Crippen molar-refractivity contribution in [3.05, 3.63) is 82.3 Å². The highest BCUT2D eigenvalue weighted by Gasteiger charge is 2.51. The lowest BCUT2D eigenvalue weighted by molar-refractivity contribution is -0.621. The Morgan fingerprint density at radius 2 is 1.63 bits per heavy atom. The van der Waals surface area contributed by atoms with E-state index in [4.69, 9.17) is 4.74 Å². The molecule has 0 unspecified atom stereocenters. The van der Waals surface area contributed by atoms with Crippen LogP contribution in [0.1, 0.15) is 34.4 Å². The van der Waals surface area contributed by atoms with Crippen LogP contribution in [-0.4, -0.2) is 51.3 Å². The molecular formula is C25H27N5O5. The van der Waals surface area contributed by atoms with Crippen molar-refractivity contribution < 1.29 is 23.9 Å². The van der Waals surface area contributed by atoms with Gasteiger partial charge in [0.15, 0.2) is 0 Å². The van der Waals surface area contributed by atoms with E-state index in [-0.39, 0.29) is 12.4 Å². The lowest BCUT2D eigenvalue weighted by atomic mass is 9.82. The van der Waals surface area contributed by atoms with Crippen molar-refractivity contribution in [1.29, 1.82) is 0 Å². The molecule has 2 aromatic heterocycles. The molecule has 1 fully saturated rings. The number of nitrogens with zero attached hydrogens (tertiary/aromatic N) is 5. The summed E-state index contributed by atoms with van der Waals surface area (Å²) < 4.78 is 8.25. The molecule has 3 aromatic rings. The summed E-state index contributed by atoms with van der Waals surface area (Å²) in [5, 5.41) is 13.2. The molecule has 4 rings (SSSR count). The molecule has 0 radical (unpaired) electrons. The molecule has 0 aliphatic carbocycles. The van der Waals surface area contributed by atoms with Gasteiger partial charge in [0, 0.05) is 34.1 Å². The van der Waals surface area contributed by atoms with E-state index in [1.165, 1.54) is 14.1 Å². The summed E-state index contributed by atoms with van der Waals surface area (Å²) in [7, 11) is 4.39. The van der Waals surface area contributed by atoms with E-state index in [2.05, 4.69) is 4.98 Å². The zero-order valence-corrected chi connectivity index (χ0v) is 20.3. The third-order valence-electron chi connectivity index (χ3n) is 6.61. The fourth-order valence-electron chi connectivity index (χ4n) is 4.33. The number of rotatable bonds is 6. The molecule has 10 heteroatoms. The Labute approximate surface area is 202 Å². The number of urea groups is 1. The number of imidazole rings is 1. The molecule has 0 saturated carbocycles. The summed E-state index contributed by atoms with van der Waals surface area (Å²) in [5.41, 5.74) is 2.52. The van der Waals surface area contributed by atoms with Gasteiger partial charge in [-0.1, -0.05) is 18.2 Å². The fraction of sp³-hybridized carbons (Fsp3) is 0.320. The van der Waals surface area contributed by atoms with Gasteiger partial charge in [-0.3, -0.25) is 24.4 Å². The third-order valence-corrected chi connectivity index (χ3v) is 6.61. The van der Waals surface area contributed by atoms with Crippen molar-refractivity contribution in [2.45, 2.75) is 26.4 Å². The molecular weight excluding hydrogens is 450 g/mol. The Morgan fingerprint density at radius 3 is 2.14 bits per heavy atom. The molecule has 1 atom stereocenters. The number of ether oxygens (including phenoxy) is 1. The maximum atomic E-state index is 13.2. The van der Waals surface area contributed by atoms with E-state index in [0.717, 1.165) is 20.2 Å². The predicted molar refractivity (Wildman–Crippen MR) is 125 cm³/mol. The number of amides is 4. The molecule has 182 valence electrons. The number of imide groups is 2. The number of carbonyl (C=O) groups is 3. The minimum atomic E-state index is -1.28. The normalized spacial score (nSPS) is 15.6. The van der Waals surface area contributed by atoms with Gasteiger partial charge in [-0.2, -0.15) is 0 Å². The standard InChI is InChI=1S/C25H27N5O5/c1-15-16(2)30(34)22(27(15)3)20(21-23(31)28(4)25(33)29(5)24(21)32)17-9-11-19(12-10-17)35-14-18-8-6-7-13-26-18/h6-13,20-21H,14H2,1-5H3/t20-/m0/s1. The van der Waals surface area contributed by atoms with E-state index in [1.807, 2.05) is 18.2 Å². The smallest absolute Gasteiger partial charge is 0.332 e. The summed E-state index contributed by atoms with van der Waals surface area (Å²) in [5.74, 6) is -2.71. The van der Waals surface area contributed by atoms with E-state index < -0.39 is 29.7 Å². The Hall–Kier alpha value is -4.21. The summed E-state index contributed by atoms with van der Waals surface area (Å²) in [6, 6.07) is 11.7. The Bertz CT molecular complexity index is 1240. The van der Waals surface area contributed by atoms with Crippen molar-refractivity contribution in [3.8, 4) is 5.75 Å². The highest BCUT2D eigenvalue weighted by Crippen LogP contribution is 2.36. The summed E-state index contributed by atoms with van der Waals surface area (Å²) in [6.07, 6.45) is 1.69. The van der Waals surface area contributed by atoms with Crippen molar-refractivity contribution in [2.24, 2.45) is 13.0 Å². The SMILES string of the molecule is Cc1c(C)[n+]([O-])c([C@@H](c2ccc(OCc3ccccn3)cc2)C2C(=O)N(C)C(=O)N(C)C2=O)n1C. The van der Waals surface area contributed by atoms with Crippen molar-refractivity contribution in [3.63, 3.8) is 0 Å². The van der Waals surface area contributed by atoms with Crippen molar-refractivity contribution in [2.75, 3.05) is 14.1 Å². The van der Waals surface area contributed by atoms with Crippen LogP contribution in [0.5, 0.6) is 5.75 Å². The largest absolute Gasteiger partial charge is 0.711 e. The van der Waals surface area contributed by atoms with E-state index in [9.17, 15) is 19.6 Å². The van der Waals surface area contributed by atoms with Crippen LogP contribution in [0.15, 0.2) is 48.7 Å². The van der Waals surface area contributed by atoms with Gasteiger partial charge in [-0.15, -0.1) is 0 Å². The summed E-state index contributed by atoms with van der Waals surface area (Å²) in [4.78, 5) is 44.8. The first-order chi connectivity index (χ1) is 16.6. The molecule has 4 amide bonds. The number of benzene rings is 1. The molecule has 0 bridgehead atoms. The molecule has 1 aliphatic rings. The number of carbonyl (C=O) groups excluding carboxylic acids is 3. The molecule has 3 heterocycles. The molecule has 1 aromatic carbocycles. The van der Waals surface area contributed by atoms with Crippen LogP contribution >= 0.6 is 0 Å². The zero-order chi connectivity index (χ0) is 25.4. The lowest BCUT2D eigenvalue weighted by Crippen LogP contribution is -2.59. The lowest BCUT2D eigenvalue weighted by Gasteiger charge is -2.35. The third kappa shape index (κ3) is 4.11. The predicted octanol–water partition coefficient (Wildman–Crippen LogP) is 2.05. The first kappa shape index (κ1) is 23.9. The van der Waals surface area contributed by atoms with Crippen LogP contribution in [-0.2, 0) is 23.2 Å². The second-order valence-electron chi connectivity index (χ2n) is 8.59. The molecule has 35 heavy (non-hydrogen) atoms. The quantitative estimate of drug-likeness (QED) is 0.305. The maximum Gasteiger partial charge on any atom is 0.332 e. The highest BCUT2D eigenvalue weighted by atomic mass is 16.5. The van der Waals surface area contributed by atoms with E-state index in [0.29, 0.717) is 22.7 Å². The number of hydrogen-bond donors (Lipinski definition) is 0. The van der Waals surface area contributed by atoms with Gasteiger partial charge in [0.2, 0.25) is 11.8 Å². The molecule has 1 aliphatic heterocycles. The van der Waals surface area contributed by atoms with Gasteiger partial charge in [-0.05, 0) is 29.8 Å². The summed E-state index contributed by atoms with van der Waals surface area (Å²) >= 11 is 0. The van der Waals surface area contributed by atoms with Crippen LogP contribution in [0.3, 0.4) is 0 Å². The van der Waals surface area contributed by atoms with Crippen molar-refractivity contribution in [1.82, 2.24) is 19.4 Å². The first-order valence-electron chi connectivity index (χ1n) is 11.1. The highest BCUT2D eigenvalue weighted by molar-refractivity contribution is 6.16. The average molecular weight is 478 g/mol. The first-order valence-corrected chi connectivity index (χ1v) is 11.1. The van der Waals surface area contributed by atoms with Gasteiger partial charge in [0.05, 0.1) is 12.7 Å². The minimum absolute atomic E-state index is 0.241. The summed E-state index contributed by atoms with van der Waals surface area (Å²) in [6.45, 7) is 3.76. The number of barbiturate groups is 1. The van der Waals surface area contributed by atoms with Crippen LogP contribution in [0.4, 0.5) is 4.79 Å². The van der Waals surface area contributed by atoms with Crippen LogP contribution in [0.2, 0.25) is 0 Å². The zero-order valence-electron chi connectivity index (χ0n) is 20.3. The second-order valence-corrected chi connectivity index (χ2v) is 8.59.